The van der Waals surface area contributed by atoms with E-state index in [4.69, 9.17) is 4.52 Å². The Balaban J connectivity index is 2.07. The first-order valence-electron chi connectivity index (χ1n) is 6.80. The summed E-state index contributed by atoms with van der Waals surface area (Å²) in [5.41, 5.74) is 0.0423. The van der Waals surface area contributed by atoms with Gasteiger partial charge < -0.3 is 9.84 Å². The average molecular weight is 269 g/mol. The number of aromatic nitrogens is 2. The molecule has 5 heteroatoms. The molecule has 1 aliphatic rings. The van der Waals surface area contributed by atoms with Gasteiger partial charge in [-0.1, -0.05) is 25.9 Å². The fraction of sp³-hybridized carbons (Fsp3) is 0.846. The van der Waals surface area contributed by atoms with Gasteiger partial charge in [-0.15, -0.1) is 0 Å². The van der Waals surface area contributed by atoms with E-state index in [1.54, 1.807) is 0 Å². The van der Waals surface area contributed by atoms with Crippen molar-refractivity contribution in [3.05, 3.63) is 11.7 Å². The molecule has 18 heavy (non-hydrogen) atoms. The SMILES string of the molecule is CCCSCc1noc(C2(C(C)C)CCNC2)n1. The van der Waals surface area contributed by atoms with Crippen LogP contribution < -0.4 is 5.32 Å². The zero-order valence-corrected chi connectivity index (χ0v) is 12.3. The third-order valence-corrected chi connectivity index (χ3v) is 4.93. The lowest BCUT2D eigenvalue weighted by Gasteiger charge is -2.28. The van der Waals surface area contributed by atoms with Crippen LogP contribution in [-0.2, 0) is 11.2 Å². The second-order valence-corrected chi connectivity index (χ2v) is 6.41. The molecule has 0 aromatic carbocycles. The quantitative estimate of drug-likeness (QED) is 0.804. The zero-order chi connectivity index (χ0) is 13.0. The highest BCUT2D eigenvalue weighted by Crippen LogP contribution is 2.37. The molecule has 1 saturated heterocycles. The molecule has 0 aliphatic carbocycles. The summed E-state index contributed by atoms with van der Waals surface area (Å²) in [5.74, 6) is 4.20. The molecule has 0 spiro atoms. The van der Waals surface area contributed by atoms with Crippen molar-refractivity contribution in [1.29, 1.82) is 0 Å². The molecular formula is C13H23N3OS. The first-order valence-corrected chi connectivity index (χ1v) is 7.96. The summed E-state index contributed by atoms with van der Waals surface area (Å²) in [6, 6.07) is 0. The first-order chi connectivity index (χ1) is 8.69. The number of nitrogens with zero attached hydrogens (tertiary/aromatic N) is 2. The van der Waals surface area contributed by atoms with Crippen LogP contribution in [0.4, 0.5) is 0 Å². The number of hydrogen-bond acceptors (Lipinski definition) is 5. The summed E-state index contributed by atoms with van der Waals surface area (Å²) < 4.78 is 5.53. The minimum absolute atomic E-state index is 0.0423. The van der Waals surface area contributed by atoms with Crippen molar-refractivity contribution in [2.75, 3.05) is 18.8 Å². The third kappa shape index (κ3) is 2.72. The highest BCUT2D eigenvalue weighted by Gasteiger charge is 2.43. The summed E-state index contributed by atoms with van der Waals surface area (Å²) >= 11 is 1.87. The Labute approximate surface area is 113 Å². The molecule has 0 saturated carbocycles. The molecule has 1 aromatic rings. The summed E-state index contributed by atoms with van der Waals surface area (Å²) in [4.78, 5) is 4.62. The van der Waals surface area contributed by atoms with Crippen LogP contribution in [0.25, 0.3) is 0 Å². The van der Waals surface area contributed by atoms with Crippen molar-refractivity contribution in [2.45, 2.75) is 44.8 Å². The number of nitrogens with one attached hydrogen (secondary N) is 1. The van der Waals surface area contributed by atoms with Gasteiger partial charge in [0.15, 0.2) is 5.82 Å². The molecule has 2 heterocycles. The van der Waals surface area contributed by atoms with Crippen molar-refractivity contribution >= 4 is 11.8 Å². The fourth-order valence-electron chi connectivity index (χ4n) is 2.46. The number of hydrogen-bond donors (Lipinski definition) is 1. The van der Waals surface area contributed by atoms with E-state index < -0.39 is 0 Å². The zero-order valence-electron chi connectivity index (χ0n) is 11.5. The Morgan fingerprint density at radius 1 is 1.50 bits per heavy atom. The molecule has 4 nitrogen and oxygen atoms in total. The maximum Gasteiger partial charge on any atom is 0.234 e. The van der Waals surface area contributed by atoms with E-state index >= 15 is 0 Å². The lowest BCUT2D eigenvalue weighted by Crippen LogP contribution is -2.35. The maximum atomic E-state index is 5.53. The van der Waals surface area contributed by atoms with Crippen molar-refractivity contribution in [2.24, 2.45) is 5.92 Å². The molecule has 1 fully saturated rings. The average Bonchev–Trinajstić information content (AvgIpc) is 2.98. The Kier molecular flexibility index (Phi) is 4.67. The third-order valence-electron chi connectivity index (χ3n) is 3.77. The summed E-state index contributed by atoms with van der Waals surface area (Å²) in [5, 5.41) is 7.55. The predicted octanol–water partition coefficient (Wildman–Crippen LogP) is 2.60. The molecule has 102 valence electrons. The van der Waals surface area contributed by atoms with Gasteiger partial charge in [0.05, 0.1) is 11.2 Å². The van der Waals surface area contributed by atoms with Crippen molar-refractivity contribution in [1.82, 2.24) is 15.5 Å². The second kappa shape index (κ2) is 6.06. The largest absolute Gasteiger partial charge is 0.339 e. The highest BCUT2D eigenvalue weighted by atomic mass is 32.2. The van der Waals surface area contributed by atoms with E-state index in [2.05, 4.69) is 36.2 Å². The molecule has 1 atom stereocenters. The highest BCUT2D eigenvalue weighted by molar-refractivity contribution is 7.98. The molecule has 0 amide bonds. The first kappa shape index (κ1) is 13.9. The van der Waals surface area contributed by atoms with E-state index in [9.17, 15) is 0 Å². The molecule has 1 unspecified atom stereocenters. The summed E-state index contributed by atoms with van der Waals surface area (Å²) in [6.45, 7) is 8.66. The summed E-state index contributed by atoms with van der Waals surface area (Å²) in [6.07, 6.45) is 2.28. The van der Waals surface area contributed by atoms with Gasteiger partial charge >= 0.3 is 0 Å². The van der Waals surface area contributed by atoms with E-state index in [-0.39, 0.29) is 5.41 Å². The smallest absolute Gasteiger partial charge is 0.234 e. The van der Waals surface area contributed by atoms with Crippen LogP contribution in [0.5, 0.6) is 0 Å². The van der Waals surface area contributed by atoms with Crippen LogP contribution in [0.15, 0.2) is 4.52 Å². The van der Waals surface area contributed by atoms with Gasteiger partial charge in [-0.05, 0) is 31.1 Å². The lowest BCUT2D eigenvalue weighted by atomic mass is 9.76. The van der Waals surface area contributed by atoms with Crippen LogP contribution in [-0.4, -0.2) is 29.0 Å². The molecule has 0 bridgehead atoms. The number of rotatable bonds is 6. The van der Waals surface area contributed by atoms with Gasteiger partial charge in [0, 0.05) is 6.54 Å². The molecule has 2 rings (SSSR count). The van der Waals surface area contributed by atoms with Gasteiger partial charge in [0.25, 0.3) is 0 Å². The van der Waals surface area contributed by atoms with Crippen molar-refractivity contribution < 1.29 is 4.52 Å². The molecule has 1 aromatic heterocycles. The predicted molar refractivity (Wildman–Crippen MR) is 74.8 cm³/mol. The van der Waals surface area contributed by atoms with Crippen molar-refractivity contribution in [3.63, 3.8) is 0 Å². The van der Waals surface area contributed by atoms with Gasteiger partial charge in [-0.2, -0.15) is 16.7 Å². The topological polar surface area (TPSA) is 51.0 Å². The monoisotopic (exact) mass is 269 g/mol. The van der Waals surface area contributed by atoms with Gasteiger partial charge in [-0.3, -0.25) is 0 Å². The Morgan fingerprint density at radius 3 is 2.94 bits per heavy atom. The normalized spacial score (nSPS) is 24.0. The van der Waals surface area contributed by atoms with E-state index in [0.717, 1.165) is 42.7 Å². The van der Waals surface area contributed by atoms with Gasteiger partial charge in [-0.25, -0.2) is 0 Å². The van der Waals surface area contributed by atoms with Crippen LogP contribution >= 0.6 is 11.8 Å². The van der Waals surface area contributed by atoms with E-state index in [1.807, 2.05) is 11.8 Å². The van der Waals surface area contributed by atoms with Crippen LogP contribution in [0, 0.1) is 5.92 Å². The standard InChI is InChI=1S/C13H23N3OS/c1-4-7-18-8-11-15-12(17-16-11)13(10(2)3)5-6-14-9-13/h10,14H,4-9H2,1-3H3. The second-order valence-electron chi connectivity index (χ2n) is 5.31. The Morgan fingerprint density at radius 2 is 2.33 bits per heavy atom. The Hall–Kier alpha value is -0.550. The van der Waals surface area contributed by atoms with Crippen molar-refractivity contribution in [3.8, 4) is 0 Å². The van der Waals surface area contributed by atoms with E-state index in [0.29, 0.717) is 5.92 Å². The Bertz CT molecular complexity index is 372. The van der Waals surface area contributed by atoms with Crippen LogP contribution in [0.2, 0.25) is 0 Å². The van der Waals surface area contributed by atoms with Gasteiger partial charge in [0.1, 0.15) is 0 Å². The minimum atomic E-state index is 0.0423. The van der Waals surface area contributed by atoms with Crippen LogP contribution in [0.3, 0.4) is 0 Å². The molecule has 0 radical (unpaired) electrons. The van der Waals surface area contributed by atoms with E-state index in [1.165, 1.54) is 6.42 Å². The summed E-state index contributed by atoms with van der Waals surface area (Å²) in [7, 11) is 0. The lowest BCUT2D eigenvalue weighted by molar-refractivity contribution is 0.234. The molecular weight excluding hydrogens is 246 g/mol. The van der Waals surface area contributed by atoms with Gasteiger partial charge in [0.2, 0.25) is 5.89 Å². The fourth-order valence-corrected chi connectivity index (χ4v) is 3.19. The number of thioether (sulfide) groups is 1. The minimum Gasteiger partial charge on any atom is -0.339 e. The van der Waals surface area contributed by atoms with Crippen LogP contribution in [0.1, 0.15) is 45.3 Å². The molecule has 1 aliphatic heterocycles. The molecule has 1 N–H and O–H groups in total. The maximum absolute atomic E-state index is 5.53.